The highest BCUT2D eigenvalue weighted by Gasteiger charge is 2.42. The second-order valence-corrected chi connectivity index (χ2v) is 6.63. The van der Waals surface area contributed by atoms with Crippen molar-refractivity contribution in [3.63, 3.8) is 0 Å². The number of hydrogen-bond acceptors (Lipinski definition) is 3. The van der Waals surface area contributed by atoms with E-state index in [0.717, 1.165) is 31.6 Å². The molecule has 3 rings (SSSR count). The Morgan fingerprint density at radius 2 is 2.12 bits per heavy atom. The molecule has 1 N–H and O–H groups in total. The van der Waals surface area contributed by atoms with Gasteiger partial charge in [-0.05, 0) is 44.5 Å². The highest BCUT2D eigenvalue weighted by molar-refractivity contribution is 6.31. The Bertz CT molecular complexity index is 611. The van der Waals surface area contributed by atoms with Gasteiger partial charge in [0.05, 0.1) is 0 Å². The van der Waals surface area contributed by atoms with Crippen LogP contribution in [-0.2, 0) is 9.59 Å². The molecule has 0 aromatic heterocycles. The lowest BCUT2D eigenvalue weighted by Crippen LogP contribution is -2.45. The molecule has 2 amide bonds. The van der Waals surface area contributed by atoms with E-state index in [1.165, 1.54) is 0 Å². The van der Waals surface area contributed by atoms with Crippen molar-refractivity contribution in [2.75, 3.05) is 31.6 Å². The molecule has 0 spiro atoms. The van der Waals surface area contributed by atoms with Crippen molar-refractivity contribution >= 4 is 41.5 Å². The number of likely N-dealkylation sites (tertiary alicyclic amines) is 1. The topological polar surface area (TPSA) is 52.7 Å². The van der Waals surface area contributed by atoms with Crippen LogP contribution < -0.4 is 10.2 Å². The van der Waals surface area contributed by atoms with Gasteiger partial charge >= 0.3 is 0 Å². The van der Waals surface area contributed by atoms with Crippen LogP contribution in [0.1, 0.15) is 19.3 Å². The Morgan fingerprint density at radius 3 is 2.83 bits per heavy atom. The van der Waals surface area contributed by atoms with Crippen LogP contribution in [0.3, 0.4) is 0 Å². The van der Waals surface area contributed by atoms with E-state index in [1.54, 1.807) is 17.0 Å². The molecule has 2 heterocycles. The number of carbonyl (C=O) groups is 2. The number of amides is 2. The maximum absolute atomic E-state index is 12.8. The maximum Gasteiger partial charge on any atom is 0.239 e. The van der Waals surface area contributed by atoms with Gasteiger partial charge in [-0.3, -0.25) is 9.59 Å². The van der Waals surface area contributed by atoms with E-state index in [9.17, 15) is 9.59 Å². The Balaban J connectivity index is 0.00000208. The molecule has 2 unspecified atom stereocenters. The van der Waals surface area contributed by atoms with Gasteiger partial charge in [-0.1, -0.05) is 17.7 Å². The van der Waals surface area contributed by atoms with E-state index in [4.69, 9.17) is 11.6 Å². The standard InChI is InChI=1S/C17H22ClN3O2.ClH/c1-19-11-14-6-3-8-20(14)16(22)15-7-9-21(17(15)23)13-5-2-4-12(18)10-13;/h2,4-5,10,14-15,19H,3,6-9,11H2,1H3;1H. The first-order valence-electron chi connectivity index (χ1n) is 8.14. The second kappa shape index (κ2) is 8.19. The molecule has 2 saturated heterocycles. The summed E-state index contributed by atoms with van der Waals surface area (Å²) in [5.74, 6) is -0.670. The van der Waals surface area contributed by atoms with Crippen LogP contribution >= 0.6 is 24.0 Å². The smallest absolute Gasteiger partial charge is 0.239 e. The summed E-state index contributed by atoms with van der Waals surface area (Å²) in [6.07, 6.45) is 2.59. The summed E-state index contributed by atoms with van der Waals surface area (Å²) < 4.78 is 0. The number of anilines is 1. The van der Waals surface area contributed by atoms with Crippen LogP contribution in [0.4, 0.5) is 5.69 Å². The van der Waals surface area contributed by atoms with Gasteiger partial charge < -0.3 is 15.1 Å². The fraction of sp³-hybridized carbons (Fsp3) is 0.529. The monoisotopic (exact) mass is 371 g/mol. The normalized spacial score (nSPS) is 23.5. The Hall–Kier alpha value is -1.30. The molecule has 0 radical (unpaired) electrons. The average molecular weight is 372 g/mol. The molecular formula is C17H23Cl2N3O2. The highest BCUT2D eigenvalue weighted by atomic mass is 35.5. The van der Waals surface area contributed by atoms with Crippen LogP contribution in [0.25, 0.3) is 0 Å². The fourth-order valence-corrected chi connectivity index (χ4v) is 3.77. The quantitative estimate of drug-likeness (QED) is 0.826. The SMILES string of the molecule is CNCC1CCCN1C(=O)C1CCN(c2cccc(Cl)c2)C1=O.Cl. The maximum atomic E-state index is 12.8. The number of nitrogens with one attached hydrogen (secondary N) is 1. The summed E-state index contributed by atoms with van der Waals surface area (Å²) in [6, 6.07) is 7.44. The van der Waals surface area contributed by atoms with Crippen molar-refractivity contribution < 1.29 is 9.59 Å². The van der Waals surface area contributed by atoms with Crippen molar-refractivity contribution in [3.8, 4) is 0 Å². The van der Waals surface area contributed by atoms with Crippen molar-refractivity contribution in [3.05, 3.63) is 29.3 Å². The number of rotatable bonds is 4. The largest absolute Gasteiger partial charge is 0.338 e. The molecular weight excluding hydrogens is 349 g/mol. The lowest BCUT2D eigenvalue weighted by molar-refractivity contribution is -0.140. The molecule has 0 aliphatic carbocycles. The fourth-order valence-electron chi connectivity index (χ4n) is 3.58. The molecule has 0 bridgehead atoms. The first-order valence-corrected chi connectivity index (χ1v) is 8.51. The summed E-state index contributed by atoms with van der Waals surface area (Å²) in [5.41, 5.74) is 0.769. The number of nitrogens with zero attached hydrogens (tertiary/aromatic N) is 2. The molecule has 2 fully saturated rings. The molecule has 7 heteroatoms. The molecule has 1 aromatic carbocycles. The summed E-state index contributed by atoms with van der Waals surface area (Å²) in [7, 11) is 1.89. The van der Waals surface area contributed by atoms with E-state index in [2.05, 4.69) is 5.32 Å². The average Bonchev–Trinajstić information content (AvgIpc) is 3.14. The zero-order chi connectivity index (χ0) is 16.4. The van der Waals surface area contributed by atoms with Crippen LogP contribution in [0, 0.1) is 5.92 Å². The predicted octanol–water partition coefficient (Wildman–Crippen LogP) is 2.33. The predicted molar refractivity (Wildman–Crippen MR) is 97.8 cm³/mol. The van der Waals surface area contributed by atoms with Crippen LogP contribution in [0.2, 0.25) is 5.02 Å². The Kier molecular flexibility index (Phi) is 6.49. The Labute approximate surface area is 153 Å². The summed E-state index contributed by atoms with van der Waals surface area (Å²) in [6.45, 7) is 2.11. The molecule has 2 atom stereocenters. The first-order chi connectivity index (χ1) is 11.1. The molecule has 2 aliphatic heterocycles. The van der Waals surface area contributed by atoms with E-state index in [1.807, 2.05) is 24.1 Å². The molecule has 132 valence electrons. The lowest BCUT2D eigenvalue weighted by Gasteiger charge is -2.27. The summed E-state index contributed by atoms with van der Waals surface area (Å²) in [4.78, 5) is 29.1. The zero-order valence-electron chi connectivity index (χ0n) is 13.7. The minimum Gasteiger partial charge on any atom is -0.338 e. The third kappa shape index (κ3) is 3.68. The molecule has 2 aliphatic rings. The first kappa shape index (κ1) is 19.0. The minimum absolute atomic E-state index is 0. The minimum atomic E-state index is -0.550. The van der Waals surface area contributed by atoms with Gasteiger partial charge in [0.15, 0.2) is 0 Å². The van der Waals surface area contributed by atoms with Gasteiger partial charge in [0, 0.05) is 36.4 Å². The lowest BCUT2D eigenvalue weighted by atomic mass is 10.1. The number of carbonyl (C=O) groups excluding carboxylic acids is 2. The van der Waals surface area contributed by atoms with Crippen LogP contribution in [0.15, 0.2) is 24.3 Å². The van der Waals surface area contributed by atoms with Crippen molar-refractivity contribution in [2.24, 2.45) is 5.92 Å². The number of hydrogen-bond donors (Lipinski definition) is 1. The second-order valence-electron chi connectivity index (χ2n) is 6.20. The van der Waals surface area contributed by atoms with Crippen molar-refractivity contribution in [1.82, 2.24) is 10.2 Å². The van der Waals surface area contributed by atoms with Gasteiger partial charge in [-0.25, -0.2) is 0 Å². The van der Waals surface area contributed by atoms with Crippen molar-refractivity contribution in [2.45, 2.75) is 25.3 Å². The number of benzene rings is 1. The molecule has 5 nitrogen and oxygen atoms in total. The third-order valence-electron chi connectivity index (χ3n) is 4.72. The van der Waals surface area contributed by atoms with E-state index < -0.39 is 5.92 Å². The highest BCUT2D eigenvalue weighted by Crippen LogP contribution is 2.30. The molecule has 24 heavy (non-hydrogen) atoms. The van der Waals surface area contributed by atoms with Gasteiger partial charge in [-0.2, -0.15) is 0 Å². The zero-order valence-corrected chi connectivity index (χ0v) is 15.3. The summed E-state index contributed by atoms with van der Waals surface area (Å²) in [5, 5.41) is 3.73. The van der Waals surface area contributed by atoms with Gasteiger partial charge in [-0.15, -0.1) is 12.4 Å². The molecule has 1 aromatic rings. The Morgan fingerprint density at radius 1 is 1.33 bits per heavy atom. The van der Waals surface area contributed by atoms with Gasteiger partial charge in [0.25, 0.3) is 0 Å². The van der Waals surface area contributed by atoms with E-state index in [0.29, 0.717) is 18.0 Å². The number of halogens is 2. The van der Waals surface area contributed by atoms with E-state index in [-0.39, 0.29) is 30.3 Å². The van der Waals surface area contributed by atoms with Crippen LogP contribution in [0.5, 0.6) is 0 Å². The van der Waals surface area contributed by atoms with Crippen LogP contribution in [-0.4, -0.2) is 49.4 Å². The van der Waals surface area contributed by atoms with Crippen molar-refractivity contribution in [1.29, 1.82) is 0 Å². The summed E-state index contributed by atoms with van der Waals surface area (Å²) >= 11 is 6.01. The van der Waals surface area contributed by atoms with Gasteiger partial charge in [0.1, 0.15) is 5.92 Å². The molecule has 0 saturated carbocycles. The van der Waals surface area contributed by atoms with Gasteiger partial charge in [0.2, 0.25) is 11.8 Å². The third-order valence-corrected chi connectivity index (χ3v) is 4.96. The number of likely N-dealkylation sites (N-methyl/N-ethyl adjacent to an activating group) is 1. The van der Waals surface area contributed by atoms with E-state index >= 15 is 0 Å².